The Morgan fingerprint density at radius 3 is 2.60 bits per heavy atom. The van der Waals surface area contributed by atoms with Gasteiger partial charge in [0.15, 0.2) is 5.69 Å². The molecule has 0 N–H and O–H groups in total. The van der Waals surface area contributed by atoms with Crippen LogP contribution in [-0.2, 0) is 4.74 Å². The third-order valence-corrected chi connectivity index (χ3v) is 4.93. The molecule has 2 atom stereocenters. The maximum Gasteiger partial charge on any atom is 0.358 e. The second kappa shape index (κ2) is 8.40. The van der Waals surface area contributed by atoms with E-state index in [0.29, 0.717) is 41.4 Å². The van der Waals surface area contributed by atoms with Crippen LogP contribution in [0.2, 0.25) is 0 Å². The lowest BCUT2D eigenvalue weighted by Crippen LogP contribution is -2.07. The Morgan fingerprint density at radius 1 is 1.07 bits per heavy atom. The normalized spacial score (nSPS) is 17.3. The molecule has 0 bridgehead atoms. The van der Waals surface area contributed by atoms with E-state index in [1.54, 1.807) is 26.4 Å². The maximum atomic E-state index is 11.6. The van der Waals surface area contributed by atoms with Crippen molar-refractivity contribution in [3.8, 4) is 22.9 Å². The third kappa shape index (κ3) is 4.19. The fraction of sp³-hybridized carbons (Fsp3) is 0.333. The Morgan fingerprint density at radius 2 is 1.93 bits per heavy atom. The van der Waals surface area contributed by atoms with Crippen LogP contribution < -0.4 is 9.47 Å². The zero-order valence-electron chi connectivity index (χ0n) is 16.9. The number of pyridine rings is 1. The van der Waals surface area contributed by atoms with Crippen LogP contribution in [0.5, 0.6) is 11.6 Å². The molecule has 1 fully saturated rings. The highest BCUT2D eigenvalue weighted by Gasteiger charge is 2.40. The van der Waals surface area contributed by atoms with E-state index >= 15 is 0 Å². The summed E-state index contributed by atoms with van der Waals surface area (Å²) in [7, 11) is 2.92. The number of carbonyl (C=O) groups excluding carboxylic acids is 1. The fourth-order valence-corrected chi connectivity index (χ4v) is 3.12. The molecule has 0 saturated heterocycles. The molecule has 154 valence electrons. The zero-order chi connectivity index (χ0) is 21.1. The van der Waals surface area contributed by atoms with Gasteiger partial charge in [-0.3, -0.25) is 9.97 Å². The summed E-state index contributed by atoms with van der Waals surface area (Å²) in [6.45, 7) is 2.30. The van der Waals surface area contributed by atoms with Crippen molar-refractivity contribution in [1.29, 1.82) is 0 Å². The SMILES string of the molecule is COC(=O)c1cnc(-c2cnc(C)nc2OCC2CC2c2ccc(OC)cn2)cn1. The summed E-state index contributed by atoms with van der Waals surface area (Å²) in [5, 5.41) is 0. The number of esters is 1. The van der Waals surface area contributed by atoms with Crippen LogP contribution in [0.4, 0.5) is 0 Å². The van der Waals surface area contributed by atoms with Crippen molar-refractivity contribution in [3.63, 3.8) is 0 Å². The Labute approximate surface area is 173 Å². The molecule has 3 aromatic heterocycles. The Bertz CT molecular complexity index is 1040. The summed E-state index contributed by atoms with van der Waals surface area (Å²) in [5.41, 5.74) is 2.29. The summed E-state index contributed by atoms with van der Waals surface area (Å²) in [4.78, 5) is 33.1. The Hall–Kier alpha value is -3.62. The van der Waals surface area contributed by atoms with Crippen molar-refractivity contribution in [2.75, 3.05) is 20.8 Å². The Kier molecular flexibility index (Phi) is 5.51. The molecule has 30 heavy (non-hydrogen) atoms. The van der Waals surface area contributed by atoms with Crippen LogP contribution in [0.15, 0.2) is 36.9 Å². The minimum absolute atomic E-state index is 0.129. The van der Waals surface area contributed by atoms with Gasteiger partial charge in [0.25, 0.3) is 0 Å². The van der Waals surface area contributed by atoms with Gasteiger partial charge < -0.3 is 14.2 Å². The first kappa shape index (κ1) is 19.7. The highest BCUT2D eigenvalue weighted by atomic mass is 16.5. The first-order valence-corrected chi connectivity index (χ1v) is 9.46. The molecule has 2 unspecified atom stereocenters. The average Bonchev–Trinajstić information content (AvgIpc) is 3.57. The number of hydrogen-bond acceptors (Lipinski definition) is 9. The van der Waals surface area contributed by atoms with Gasteiger partial charge in [-0.15, -0.1) is 0 Å². The van der Waals surface area contributed by atoms with E-state index in [2.05, 4.69) is 29.7 Å². The van der Waals surface area contributed by atoms with Gasteiger partial charge in [-0.25, -0.2) is 14.8 Å². The summed E-state index contributed by atoms with van der Waals surface area (Å²) in [5.74, 6) is 1.96. The quantitative estimate of drug-likeness (QED) is 0.546. The molecular weight excluding hydrogens is 386 g/mol. The first-order chi connectivity index (χ1) is 14.6. The van der Waals surface area contributed by atoms with E-state index in [4.69, 9.17) is 9.47 Å². The van der Waals surface area contributed by atoms with Crippen molar-refractivity contribution in [2.45, 2.75) is 19.3 Å². The predicted molar refractivity (Wildman–Crippen MR) is 106 cm³/mol. The molecule has 0 amide bonds. The topological polar surface area (TPSA) is 109 Å². The van der Waals surface area contributed by atoms with E-state index in [1.807, 2.05) is 12.1 Å². The average molecular weight is 407 g/mol. The molecule has 0 aromatic carbocycles. The van der Waals surface area contributed by atoms with Gasteiger partial charge in [-0.2, -0.15) is 4.98 Å². The summed E-state index contributed by atoms with van der Waals surface area (Å²) >= 11 is 0. The molecule has 3 heterocycles. The molecule has 3 aromatic rings. The van der Waals surface area contributed by atoms with Gasteiger partial charge in [0.1, 0.15) is 11.6 Å². The highest BCUT2D eigenvalue weighted by Crippen LogP contribution is 2.47. The highest BCUT2D eigenvalue weighted by molar-refractivity contribution is 5.86. The second-order valence-electron chi connectivity index (χ2n) is 6.95. The van der Waals surface area contributed by atoms with Crippen molar-refractivity contribution in [3.05, 3.63) is 54.1 Å². The lowest BCUT2D eigenvalue weighted by molar-refractivity contribution is 0.0593. The molecule has 9 nitrogen and oxygen atoms in total. The van der Waals surface area contributed by atoms with Crippen LogP contribution in [-0.4, -0.2) is 51.7 Å². The van der Waals surface area contributed by atoms with Crippen LogP contribution in [0.3, 0.4) is 0 Å². The monoisotopic (exact) mass is 407 g/mol. The van der Waals surface area contributed by atoms with Gasteiger partial charge in [0, 0.05) is 23.7 Å². The van der Waals surface area contributed by atoms with E-state index in [1.165, 1.54) is 19.5 Å². The molecule has 0 aliphatic heterocycles. The maximum absolute atomic E-state index is 11.6. The van der Waals surface area contributed by atoms with E-state index in [9.17, 15) is 4.79 Å². The smallest absolute Gasteiger partial charge is 0.358 e. The molecule has 9 heteroatoms. The molecule has 1 aliphatic carbocycles. The van der Waals surface area contributed by atoms with Crippen LogP contribution in [0, 0.1) is 12.8 Å². The molecule has 0 radical (unpaired) electrons. The minimum atomic E-state index is -0.544. The number of carbonyl (C=O) groups is 1. The van der Waals surface area contributed by atoms with Gasteiger partial charge in [0.05, 0.1) is 50.7 Å². The van der Waals surface area contributed by atoms with E-state index in [-0.39, 0.29) is 5.69 Å². The van der Waals surface area contributed by atoms with Gasteiger partial charge in [0.2, 0.25) is 5.88 Å². The number of rotatable bonds is 7. The number of hydrogen-bond donors (Lipinski definition) is 0. The second-order valence-corrected chi connectivity index (χ2v) is 6.95. The summed E-state index contributed by atoms with van der Waals surface area (Å²) < 4.78 is 15.8. The van der Waals surface area contributed by atoms with Crippen LogP contribution >= 0.6 is 0 Å². The molecule has 4 rings (SSSR count). The van der Waals surface area contributed by atoms with Crippen LogP contribution in [0.1, 0.15) is 34.3 Å². The number of aromatic nitrogens is 5. The minimum Gasteiger partial charge on any atom is -0.495 e. The van der Waals surface area contributed by atoms with Crippen molar-refractivity contribution < 1.29 is 19.0 Å². The Balaban J connectivity index is 1.46. The van der Waals surface area contributed by atoms with Gasteiger partial charge >= 0.3 is 5.97 Å². The van der Waals surface area contributed by atoms with Gasteiger partial charge in [-0.05, 0) is 25.5 Å². The molecular formula is C21H21N5O4. The third-order valence-electron chi connectivity index (χ3n) is 4.93. The number of methoxy groups -OCH3 is 2. The number of ether oxygens (including phenoxy) is 3. The first-order valence-electron chi connectivity index (χ1n) is 9.46. The fourth-order valence-electron chi connectivity index (χ4n) is 3.12. The van der Waals surface area contributed by atoms with Crippen molar-refractivity contribution in [1.82, 2.24) is 24.9 Å². The van der Waals surface area contributed by atoms with E-state index in [0.717, 1.165) is 17.9 Å². The summed E-state index contributed by atoms with van der Waals surface area (Å²) in [6.07, 6.45) is 7.22. The van der Waals surface area contributed by atoms with Crippen molar-refractivity contribution in [2.24, 2.45) is 5.92 Å². The molecule has 1 saturated carbocycles. The summed E-state index contributed by atoms with van der Waals surface area (Å²) in [6, 6.07) is 3.91. The van der Waals surface area contributed by atoms with E-state index < -0.39 is 5.97 Å². The zero-order valence-corrected chi connectivity index (χ0v) is 16.9. The largest absolute Gasteiger partial charge is 0.495 e. The standard InChI is InChI=1S/C21H21N5O4/c1-12-22-8-16(18-9-25-19(10-24-18)21(27)29-3)20(26-12)30-11-13-6-15(13)17-5-4-14(28-2)7-23-17/h4-5,7-10,13,15H,6,11H2,1-3H3. The predicted octanol–water partition coefficient (Wildman–Crippen LogP) is 2.61. The lowest BCUT2D eigenvalue weighted by Gasteiger charge is -2.10. The van der Waals surface area contributed by atoms with Crippen LogP contribution in [0.25, 0.3) is 11.3 Å². The molecule has 0 spiro atoms. The number of aryl methyl sites for hydroxylation is 1. The number of nitrogens with zero attached hydrogens (tertiary/aromatic N) is 5. The molecule has 1 aliphatic rings. The lowest BCUT2D eigenvalue weighted by atomic mass is 10.2. The van der Waals surface area contributed by atoms with Crippen molar-refractivity contribution >= 4 is 5.97 Å². The van der Waals surface area contributed by atoms with Gasteiger partial charge in [-0.1, -0.05) is 0 Å².